The molecule has 2 amide bonds. The molecule has 0 fully saturated rings. The predicted molar refractivity (Wildman–Crippen MR) is 145 cm³/mol. The number of aromatic amines is 1. The fourth-order valence-electron chi connectivity index (χ4n) is 4.21. The molecule has 3 aromatic carbocycles. The number of hydrogen-bond acceptors (Lipinski definition) is 4. The number of H-pyrrole nitrogens is 1. The first-order valence-corrected chi connectivity index (χ1v) is 11.8. The molecule has 0 radical (unpaired) electrons. The largest absolute Gasteiger partial charge is 0.397 e. The summed E-state index contributed by atoms with van der Waals surface area (Å²) in [5.41, 5.74) is 8.99. The first-order chi connectivity index (χ1) is 18.3. The van der Waals surface area contributed by atoms with E-state index in [4.69, 9.17) is 5.73 Å². The van der Waals surface area contributed by atoms with Crippen LogP contribution in [0.15, 0.2) is 89.9 Å². The Morgan fingerprint density at radius 1 is 0.947 bits per heavy atom. The lowest BCUT2D eigenvalue weighted by Crippen LogP contribution is -2.23. The highest BCUT2D eigenvalue weighted by molar-refractivity contribution is 6.06. The Morgan fingerprint density at radius 2 is 1.66 bits per heavy atom. The number of pyridine rings is 1. The SMILES string of the molecule is Cn1cc(-c2ccccc2F)c2cc(C(=O)NCc3ccc(C(=O)Nc4ccccc4N)cc3)[nH]c2c1=O. The first-order valence-electron chi connectivity index (χ1n) is 11.8. The van der Waals surface area contributed by atoms with E-state index in [1.165, 1.54) is 10.6 Å². The van der Waals surface area contributed by atoms with Gasteiger partial charge in [-0.15, -0.1) is 0 Å². The van der Waals surface area contributed by atoms with E-state index in [1.807, 2.05) is 0 Å². The van der Waals surface area contributed by atoms with Crippen molar-refractivity contribution in [1.82, 2.24) is 14.9 Å². The van der Waals surface area contributed by atoms with Crippen molar-refractivity contribution in [1.29, 1.82) is 0 Å². The second kappa shape index (κ2) is 10.1. The van der Waals surface area contributed by atoms with E-state index in [1.54, 1.807) is 86.0 Å². The van der Waals surface area contributed by atoms with Crippen molar-refractivity contribution >= 4 is 34.1 Å². The van der Waals surface area contributed by atoms with Crippen molar-refractivity contribution in [2.24, 2.45) is 7.05 Å². The number of nitrogens with one attached hydrogen (secondary N) is 3. The van der Waals surface area contributed by atoms with Gasteiger partial charge in [0, 0.05) is 41.9 Å². The van der Waals surface area contributed by atoms with Gasteiger partial charge in [0.05, 0.1) is 11.4 Å². The van der Waals surface area contributed by atoms with Crippen LogP contribution in [0.1, 0.15) is 26.4 Å². The van der Waals surface area contributed by atoms with E-state index in [9.17, 15) is 18.8 Å². The van der Waals surface area contributed by atoms with E-state index in [0.717, 1.165) is 5.56 Å². The number of aryl methyl sites for hydroxylation is 1. The molecule has 5 aromatic rings. The van der Waals surface area contributed by atoms with Gasteiger partial charge in [-0.25, -0.2) is 4.39 Å². The molecular weight excluding hydrogens is 485 g/mol. The number of nitrogens with zero attached hydrogens (tertiary/aromatic N) is 1. The molecule has 0 aliphatic carbocycles. The summed E-state index contributed by atoms with van der Waals surface area (Å²) in [7, 11) is 1.57. The average Bonchev–Trinajstić information content (AvgIpc) is 3.37. The van der Waals surface area contributed by atoms with Gasteiger partial charge >= 0.3 is 0 Å². The number of carbonyl (C=O) groups excluding carboxylic acids is 2. The minimum Gasteiger partial charge on any atom is -0.397 e. The highest BCUT2D eigenvalue weighted by Crippen LogP contribution is 2.29. The molecular formula is C29H24FN5O3. The minimum atomic E-state index is -0.427. The molecule has 0 saturated carbocycles. The van der Waals surface area contributed by atoms with Gasteiger partial charge in [0.25, 0.3) is 17.4 Å². The Bertz CT molecular complexity index is 1740. The van der Waals surface area contributed by atoms with Gasteiger partial charge in [-0.3, -0.25) is 14.4 Å². The van der Waals surface area contributed by atoms with Crippen molar-refractivity contribution in [3.63, 3.8) is 0 Å². The van der Waals surface area contributed by atoms with Crippen molar-refractivity contribution in [3.8, 4) is 11.1 Å². The number of halogens is 1. The molecule has 0 saturated heterocycles. The fourth-order valence-corrected chi connectivity index (χ4v) is 4.21. The van der Waals surface area contributed by atoms with Crippen molar-refractivity contribution < 1.29 is 14.0 Å². The van der Waals surface area contributed by atoms with Crippen LogP contribution in [0.3, 0.4) is 0 Å². The van der Waals surface area contributed by atoms with E-state index in [0.29, 0.717) is 33.5 Å². The molecule has 0 unspecified atom stereocenters. The Balaban J connectivity index is 1.32. The van der Waals surface area contributed by atoms with Crippen molar-refractivity contribution in [2.45, 2.75) is 6.54 Å². The lowest BCUT2D eigenvalue weighted by Gasteiger charge is -2.09. The molecule has 190 valence electrons. The third kappa shape index (κ3) is 4.77. The maximum absolute atomic E-state index is 14.5. The number of para-hydroxylation sites is 2. The quantitative estimate of drug-likeness (QED) is 0.253. The summed E-state index contributed by atoms with van der Waals surface area (Å²) in [5.74, 6) is -1.16. The summed E-state index contributed by atoms with van der Waals surface area (Å²) < 4.78 is 15.9. The monoisotopic (exact) mass is 509 g/mol. The zero-order valence-electron chi connectivity index (χ0n) is 20.4. The molecule has 0 atom stereocenters. The third-order valence-corrected chi connectivity index (χ3v) is 6.25. The van der Waals surface area contributed by atoms with Gasteiger partial charge in [0.2, 0.25) is 0 Å². The van der Waals surface area contributed by atoms with Crippen LogP contribution in [0, 0.1) is 5.82 Å². The number of anilines is 2. The molecule has 5 rings (SSSR count). The Kier molecular flexibility index (Phi) is 6.49. The normalized spacial score (nSPS) is 10.9. The molecule has 5 N–H and O–H groups in total. The number of fused-ring (bicyclic) bond motifs is 1. The molecule has 2 aromatic heterocycles. The number of hydrogen-bond donors (Lipinski definition) is 4. The molecule has 2 heterocycles. The van der Waals surface area contributed by atoms with Crippen LogP contribution in [0.4, 0.5) is 15.8 Å². The minimum absolute atomic E-state index is 0.178. The Labute approximate surface area is 216 Å². The van der Waals surface area contributed by atoms with Crippen molar-refractivity contribution in [3.05, 3.63) is 118 Å². The zero-order valence-corrected chi connectivity index (χ0v) is 20.4. The number of nitrogen functional groups attached to an aromatic ring is 1. The summed E-state index contributed by atoms with van der Waals surface area (Å²) >= 11 is 0. The number of benzene rings is 3. The van der Waals surface area contributed by atoms with Gasteiger partial charge in [-0.05, 0) is 42.0 Å². The standard InChI is InChI=1S/C29H24FN5O3/c1-35-16-21(19-6-2-3-7-22(19)30)20-14-25(33-26(20)29(35)38)28(37)32-15-17-10-12-18(13-11-17)27(36)34-24-9-5-4-8-23(24)31/h2-14,16,33H,15,31H2,1H3,(H,32,37)(H,34,36). The molecule has 38 heavy (non-hydrogen) atoms. The van der Waals surface area contributed by atoms with Crippen LogP contribution in [0.5, 0.6) is 0 Å². The fraction of sp³-hybridized carbons (Fsp3) is 0.0690. The van der Waals surface area contributed by atoms with Gasteiger partial charge in [-0.1, -0.05) is 42.5 Å². The lowest BCUT2D eigenvalue weighted by atomic mass is 10.0. The summed E-state index contributed by atoms with van der Waals surface area (Å²) in [5, 5.41) is 6.03. The molecule has 0 bridgehead atoms. The van der Waals surface area contributed by atoms with Crippen LogP contribution in [0.25, 0.3) is 22.0 Å². The van der Waals surface area contributed by atoms with Gasteiger partial charge in [-0.2, -0.15) is 0 Å². The summed E-state index contributed by atoms with van der Waals surface area (Å²) in [6.07, 6.45) is 1.56. The van der Waals surface area contributed by atoms with Crippen molar-refractivity contribution in [2.75, 3.05) is 11.1 Å². The highest BCUT2D eigenvalue weighted by Gasteiger charge is 2.18. The van der Waals surface area contributed by atoms with Crippen LogP contribution in [-0.2, 0) is 13.6 Å². The highest BCUT2D eigenvalue weighted by atomic mass is 19.1. The van der Waals surface area contributed by atoms with E-state index >= 15 is 0 Å². The number of nitrogens with two attached hydrogens (primary N) is 1. The first kappa shape index (κ1) is 24.5. The molecule has 0 aliphatic rings. The van der Waals surface area contributed by atoms with Crippen LogP contribution in [-0.4, -0.2) is 21.4 Å². The molecule has 8 nitrogen and oxygen atoms in total. The second-order valence-electron chi connectivity index (χ2n) is 8.83. The van der Waals surface area contributed by atoms with Crippen LogP contribution in [0.2, 0.25) is 0 Å². The van der Waals surface area contributed by atoms with Gasteiger partial charge in [0.15, 0.2) is 0 Å². The maximum atomic E-state index is 14.5. The van der Waals surface area contributed by atoms with Gasteiger partial charge in [0.1, 0.15) is 17.0 Å². The smallest absolute Gasteiger partial charge is 0.274 e. The van der Waals surface area contributed by atoms with E-state index in [2.05, 4.69) is 15.6 Å². The van der Waals surface area contributed by atoms with E-state index < -0.39 is 11.7 Å². The second-order valence-corrected chi connectivity index (χ2v) is 8.83. The summed E-state index contributed by atoms with van der Waals surface area (Å²) in [6, 6.07) is 21.6. The zero-order chi connectivity index (χ0) is 26.8. The predicted octanol–water partition coefficient (Wildman–Crippen LogP) is 4.44. The topological polar surface area (TPSA) is 122 Å². The molecule has 9 heteroatoms. The number of rotatable bonds is 6. The lowest BCUT2D eigenvalue weighted by molar-refractivity contribution is 0.0945. The number of aromatic nitrogens is 2. The van der Waals surface area contributed by atoms with Crippen LogP contribution < -0.4 is 21.9 Å². The Hall–Kier alpha value is -5.18. The third-order valence-electron chi connectivity index (χ3n) is 6.25. The summed E-state index contributed by atoms with van der Waals surface area (Å²) in [4.78, 5) is 41.0. The summed E-state index contributed by atoms with van der Waals surface area (Å²) in [6.45, 7) is 0.194. The van der Waals surface area contributed by atoms with Crippen LogP contribution >= 0.6 is 0 Å². The molecule has 0 aliphatic heterocycles. The molecule has 0 spiro atoms. The van der Waals surface area contributed by atoms with E-state index in [-0.39, 0.29) is 29.2 Å². The average molecular weight is 510 g/mol. The Morgan fingerprint density at radius 3 is 2.39 bits per heavy atom. The number of carbonyl (C=O) groups is 2. The van der Waals surface area contributed by atoms with Gasteiger partial charge < -0.3 is 25.9 Å². The number of amides is 2. The maximum Gasteiger partial charge on any atom is 0.274 e.